The van der Waals surface area contributed by atoms with Gasteiger partial charge in [-0.05, 0) is 18.5 Å². The maximum absolute atomic E-state index is 12.7. The van der Waals surface area contributed by atoms with Gasteiger partial charge in [-0.15, -0.1) is 0 Å². The van der Waals surface area contributed by atoms with Gasteiger partial charge in [-0.3, -0.25) is 4.79 Å². The first-order valence-electron chi connectivity index (χ1n) is 6.05. The average Bonchev–Trinajstić information content (AvgIpc) is 2.10. The molecular formula is C13H27O3P. The fourth-order valence-electron chi connectivity index (χ4n) is 2.17. The molecule has 0 spiro atoms. The van der Waals surface area contributed by atoms with Gasteiger partial charge in [0.25, 0.3) is 0 Å². The zero-order chi connectivity index (χ0) is 13.9. The predicted octanol–water partition coefficient (Wildman–Crippen LogP) is 3.76. The normalized spacial score (nSPS) is 16.4. The van der Waals surface area contributed by atoms with Crippen molar-refractivity contribution in [1.29, 1.82) is 0 Å². The predicted molar refractivity (Wildman–Crippen MR) is 73.2 cm³/mol. The lowest BCUT2D eigenvalue weighted by molar-refractivity contribution is -0.140. The van der Waals surface area contributed by atoms with Crippen molar-refractivity contribution in [2.45, 2.75) is 52.6 Å². The Hall–Kier alpha value is -0.300. The van der Waals surface area contributed by atoms with E-state index in [-0.39, 0.29) is 23.0 Å². The van der Waals surface area contributed by atoms with Crippen LogP contribution < -0.4 is 0 Å². The third-order valence-electron chi connectivity index (χ3n) is 3.21. The molecule has 0 aliphatic rings. The van der Waals surface area contributed by atoms with Crippen molar-refractivity contribution >= 4 is 13.1 Å². The quantitative estimate of drug-likeness (QED) is 0.559. The van der Waals surface area contributed by atoms with Crippen LogP contribution >= 0.6 is 7.14 Å². The molecule has 0 aromatic heterocycles. The van der Waals surface area contributed by atoms with Gasteiger partial charge in [0.15, 0.2) is 0 Å². The molecule has 0 heterocycles. The highest BCUT2D eigenvalue weighted by Gasteiger charge is 2.39. The van der Waals surface area contributed by atoms with Crippen LogP contribution in [0.2, 0.25) is 0 Å². The van der Waals surface area contributed by atoms with Gasteiger partial charge >= 0.3 is 5.97 Å². The molecule has 102 valence electrons. The second-order valence-electron chi connectivity index (χ2n) is 6.70. The fourth-order valence-corrected chi connectivity index (χ4v) is 4.20. The lowest BCUT2D eigenvalue weighted by atomic mass is 9.86. The Balaban J connectivity index is 4.68. The summed E-state index contributed by atoms with van der Waals surface area (Å²) in [6.07, 6.45) is 1.57. The Morgan fingerprint density at radius 2 is 1.65 bits per heavy atom. The van der Waals surface area contributed by atoms with Crippen molar-refractivity contribution in [2.24, 2.45) is 5.41 Å². The fraction of sp³-hybridized carbons (Fsp3) is 0.923. The van der Waals surface area contributed by atoms with E-state index in [0.29, 0.717) is 6.16 Å². The molecule has 0 N–H and O–H groups in total. The number of esters is 1. The summed E-state index contributed by atoms with van der Waals surface area (Å²) in [4.78, 5) is 11.1. The minimum atomic E-state index is -2.36. The molecule has 1 atom stereocenters. The summed E-state index contributed by atoms with van der Waals surface area (Å²) >= 11 is 0. The van der Waals surface area contributed by atoms with E-state index in [1.807, 2.05) is 20.5 Å². The summed E-state index contributed by atoms with van der Waals surface area (Å²) < 4.78 is 17.3. The first-order chi connectivity index (χ1) is 7.41. The highest BCUT2D eigenvalue weighted by molar-refractivity contribution is 7.64. The molecule has 0 fully saturated rings. The summed E-state index contributed by atoms with van der Waals surface area (Å²) in [6, 6.07) is 0. The number of hydrogen-bond donors (Lipinski definition) is 0. The van der Waals surface area contributed by atoms with Gasteiger partial charge in [-0.2, -0.15) is 0 Å². The van der Waals surface area contributed by atoms with E-state index < -0.39 is 7.14 Å². The molecular weight excluding hydrogens is 235 g/mol. The van der Waals surface area contributed by atoms with E-state index in [4.69, 9.17) is 0 Å². The second kappa shape index (κ2) is 5.56. The standard InChI is InChI=1S/C13H27O3P/c1-12(2,3)10-13(4,5)17(7,15)9-8-11(14)16-6/h8-10H2,1-7H3. The van der Waals surface area contributed by atoms with Crippen molar-refractivity contribution in [3.63, 3.8) is 0 Å². The largest absolute Gasteiger partial charge is 0.469 e. The van der Waals surface area contributed by atoms with Crippen LogP contribution in [0.25, 0.3) is 0 Å². The molecule has 1 unspecified atom stereocenters. The molecule has 0 aromatic carbocycles. The molecule has 0 saturated carbocycles. The van der Waals surface area contributed by atoms with Crippen molar-refractivity contribution in [2.75, 3.05) is 19.9 Å². The number of carbonyl (C=O) groups excluding carboxylic acids is 1. The van der Waals surface area contributed by atoms with Gasteiger partial charge in [0.05, 0.1) is 20.7 Å². The van der Waals surface area contributed by atoms with Gasteiger partial charge in [0.2, 0.25) is 0 Å². The SMILES string of the molecule is COC(=O)CCP(C)(=O)C(C)(C)CC(C)(C)C. The maximum atomic E-state index is 12.7. The number of hydrogen-bond acceptors (Lipinski definition) is 3. The molecule has 0 saturated heterocycles. The van der Waals surface area contributed by atoms with E-state index in [1.54, 1.807) is 0 Å². The molecule has 0 aliphatic carbocycles. The Bertz CT molecular complexity index is 313. The molecule has 0 radical (unpaired) electrons. The smallest absolute Gasteiger partial charge is 0.305 e. The summed E-state index contributed by atoms with van der Waals surface area (Å²) in [5, 5.41) is -0.237. The van der Waals surface area contributed by atoms with Gasteiger partial charge in [-0.1, -0.05) is 34.6 Å². The van der Waals surface area contributed by atoms with Crippen LogP contribution in [0.15, 0.2) is 0 Å². The topological polar surface area (TPSA) is 43.4 Å². The van der Waals surface area contributed by atoms with E-state index in [2.05, 4.69) is 25.5 Å². The van der Waals surface area contributed by atoms with Crippen LogP contribution in [-0.2, 0) is 14.1 Å². The summed E-state index contributed by atoms with van der Waals surface area (Å²) in [5.74, 6) is -0.279. The Morgan fingerprint density at radius 3 is 2.00 bits per heavy atom. The van der Waals surface area contributed by atoms with Gasteiger partial charge in [-0.25, -0.2) is 0 Å². The van der Waals surface area contributed by atoms with Crippen molar-refractivity contribution in [1.82, 2.24) is 0 Å². The lowest BCUT2D eigenvalue weighted by Crippen LogP contribution is -2.28. The Kier molecular flexibility index (Phi) is 5.46. The van der Waals surface area contributed by atoms with Crippen molar-refractivity contribution in [3.05, 3.63) is 0 Å². The Labute approximate surface area is 106 Å². The van der Waals surface area contributed by atoms with Gasteiger partial charge in [0, 0.05) is 11.3 Å². The zero-order valence-corrected chi connectivity index (χ0v) is 13.2. The van der Waals surface area contributed by atoms with Gasteiger partial charge < -0.3 is 9.30 Å². The van der Waals surface area contributed by atoms with Crippen LogP contribution in [0.3, 0.4) is 0 Å². The molecule has 3 nitrogen and oxygen atoms in total. The minimum absolute atomic E-state index is 0.139. The minimum Gasteiger partial charge on any atom is -0.469 e. The Morgan fingerprint density at radius 1 is 1.18 bits per heavy atom. The molecule has 4 heteroatoms. The van der Waals surface area contributed by atoms with E-state index in [9.17, 15) is 9.36 Å². The first-order valence-corrected chi connectivity index (χ1v) is 8.39. The highest BCUT2D eigenvalue weighted by atomic mass is 31.2. The van der Waals surface area contributed by atoms with Crippen LogP contribution in [-0.4, -0.2) is 31.1 Å². The second-order valence-corrected chi connectivity index (χ2v) is 10.6. The highest BCUT2D eigenvalue weighted by Crippen LogP contribution is 2.58. The number of ether oxygens (including phenoxy) is 1. The van der Waals surface area contributed by atoms with E-state index in [0.717, 1.165) is 6.42 Å². The third-order valence-corrected chi connectivity index (χ3v) is 7.01. The van der Waals surface area contributed by atoms with E-state index in [1.165, 1.54) is 7.11 Å². The van der Waals surface area contributed by atoms with Gasteiger partial charge in [0.1, 0.15) is 0 Å². The molecule has 17 heavy (non-hydrogen) atoms. The molecule has 0 bridgehead atoms. The third kappa shape index (κ3) is 5.72. The monoisotopic (exact) mass is 262 g/mol. The molecule has 0 aliphatic heterocycles. The number of methoxy groups -OCH3 is 1. The summed E-state index contributed by atoms with van der Waals surface area (Å²) in [6.45, 7) is 12.3. The van der Waals surface area contributed by atoms with Crippen LogP contribution in [0, 0.1) is 5.41 Å². The first kappa shape index (κ1) is 16.7. The molecule has 0 amide bonds. The molecule has 0 aromatic rings. The van der Waals surface area contributed by atoms with Crippen LogP contribution in [0.1, 0.15) is 47.5 Å². The lowest BCUT2D eigenvalue weighted by Gasteiger charge is -2.37. The van der Waals surface area contributed by atoms with E-state index >= 15 is 0 Å². The summed E-state index contributed by atoms with van der Waals surface area (Å²) in [5.41, 5.74) is 0.139. The maximum Gasteiger partial charge on any atom is 0.305 e. The molecule has 0 rings (SSSR count). The number of rotatable bonds is 5. The zero-order valence-electron chi connectivity index (χ0n) is 12.3. The number of carbonyl (C=O) groups is 1. The average molecular weight is 262 g/mol. The summed E-state index contributed by atoms with van der Waals surface area (Å²) in [7, 11) is -0.996. The van der Waals surface area contributed by atoms with Crippen molar-refractivity contribution in [3.8, 4) is 0 Å². The van der Waals surface area contributed by atoms with Crippen LogP contribution in [0.5, 0.6) is 0 Å². The van der Waals surface area contributed by atoms with Crippen LogP contribution in [0.4, 0.5) is 0 Å². The van der Waals surface area contributed by atoms with Crippen molar-refractivity contribution < 1.29 is 14.1 Å².